The molecule has 7 heteroatoms. The largest absolute Gasteiger partial charge is 0.372 e. The van der Waals surface area contributed by atoms with Crippen LogP contribution in [-0.4, -0.2) is 47.4 Å². The first kappa shape index (κ1) is 19.6. The lowest BCUT2D eigenvalue weighted by Crippen LogP contribution is -2.61. The van der Waals surface area contributed by atoms with Gasteiger partial charge in [-0.15, -0.1) is 0 Å². The van der Waals surface area contributed by atoms with E-state index in [2.05, 4.69) is 11.4 Å². The Balaban J connectivity index is 1.80. The van der Waals surface area contributed by atoms with Crippen LogP contribution in [-0.2, 0) is 14.3 Å². The van der Waals surface area contributed by atoms with Crippen LogP contribution in [0.2, 0.25) is 0 Å². The molecule has 1 saturated heterocycles. The summed E-state index contributed by atoms with van der Waals surface area (Å²) in [6, 6.07) is 7.93. The summed E-state index contributed by atoms with van der Waals surface area (Å²) in [4.78, 5) is 28.2. The van der Waals surface area contributed by atoms with Gasteiger partial charge in [-0.2, -0.15) is 5.26 Å². The van der Waals surface area contributed by atoms with Crippen molar-refractivity contribution in [3.8, 4) is 6.07 Å². The van der Waals surface area contributed by atoms with E-state index in [1.807, 2.05) is 13.8 Å². The Kier molecular flexibility index (Phi) is 4.91. The molecular weight excluding hydrogens is 373 g/mol. The van der Waals surface area contributed by atoms with Gasteiger partial charge in [-0.05, 0) is 44.4 Å². The van der Waals surface area contributed by atoms with Crippen LogP contribution in [0.4, 0.5) is 4.39 Å². The average molecular weight is 397 g/mol. The molecule has 1 fully saturated rings. The third-order valence-electron chi connectivity index (χ3n) is 5.95. The lowest BCUT2D eigenvalue weighted by Gasteiger charge is -2.40. The van der Waals surface area contributed by atoms with Gasteiger partial charge in [0.25, 0.3) is 5.91 Å². The number of hydrogen-bond donors (Lipinski definition) is 1. The molecule has 1 aromatic carbocycles. The second kappa shape index (κ2) is 7.27. The number of morpholine rings is 1. The summed E-state index contributed by atoms with van der Waals surface area (Å²) in [6.07, 6.45) is 1.40. The Morgan fingerprint density at radius 3 is 2.52 bits per heavy atom. The lowest BCUT2D eigenvalue weighted by molar-refractivity contribution is -0.148. The summed E-state index contributed by atoms with van der Waals surface area (Å²) >= 11 is 0. The third-order valence-corrected chi connectivity index (χ3v) is 5.95. The Hall–Kier alpha value is -2.72. The molecule has 0 bridgehead atoms. The molecule has 4 unspecified atom stereocenters. The number of nitrogens with one attached hydrogen (secondary N) is 1. The second-order valence-electron chi connectivity index (χ2n) is 8.17. The molecule has 4 atom stereocenters. The molecule has 0 spiro atoms. The highest BCUT2D eigenvalue weighted by Gasteiger charge is 2.57. The van der Waals surface area contributed by atoms with Gasteiger partial charge in [0, 0.05) is 30.8 Å². The molecule has 0 saturated carbocycles. The van der Waals surface area contributed by atoms with E-state index in [4.69, 9.17) is 4.74 Å². The van der Waals surface area contributed by atoms with Crippen molar-refractivity contribution in [1.82, 2.24) is 10.2 Å². The SMILES string of the molecule is CC1CN(C(=O)C2(C#N)NC3=C(C(=O)CCC3)C2c2ccc(F)cc2)CC(C)O1. The maximum absolute atomic E-state index is 13.7. The number of carbonyl (C=O) groups is 2. The number of amides is 1. The molecule has 2 heterocycles. The topological polar surface area (TPSA) is 82.4 Å². The molecule has 1 N–H and O–H groups in total. The molecule has 0 aromatic heterocycles. The van der Waals surface area contributed by atoms with E-state index in [-0.39, 0.29) is 23.9 Å². The molecule has 1 amide bonds. The number of ketones is 1. The third kappa shape index (κ3) is 3.22. The Morgan fingerprint density at radius 2 is 1.90 bits per heavy atom. The van der Waals surface area contributed by atoms with Gasteiger partial charge >= 0.3 is 0 Å². The van der Waals surface area contributed by atoms with Gasteiger partial charge in [-0.25, -0.2) is 4.39 Å². The molecule has 0 radical (unpaired) electrons. The van der Waals surface area contributed by atoms with Crippen molar-refractivity contribution in [2.75, 3.05) is 13.1 Å². The maximum atomic E-state index is 13.7. The number of benzene rings is 1. The molecular formula is C22H24FN3O3. The first-order valence-corrected chi connectivity index (χ1v) is 10.0. The zero-order valence-corrected chi connectivity index (χ0v) is 16.6. The van der Waals surface area contributed by atoms with Crippen LogP contribution >= 0.6 is 0 Å². The van der Waals surface area contributed by atoms with Crippen molar-refractivity contribution in [1.29, 1.82) is 5.26 Å². The smallest absolute Gasteiger partial charge is 0.264 e. The number of allylic oxidation sites excluding steroid dienone is 1. The minimum Gasteiger partial charge on any atom is -0.372 e. The molecule has 2 aliphatic heterocycles. The fourth-order valence-electron chi connectivity index (χ4n) is 4.84. The van der Waals surface area contributed by atoms with Gasteiger partial charge < -0.3 is 15.0 Å². The standard InChI is InChI=1S/C22H24FN3O3/c1-13-10-26(11-14(2)29-13)21(28)22(12-24)20(15-6-8-16(23)9-7-15)19-17(25-22)4-3-5-18(19)27/h6-9,13-14,20,25H,3-5,10-11H2,1-2H3. The second-order valence-corrected chi connectivity index (χ2v) is 8.17. The van der Waals surface area contributed by atoms with Gasteiger partial charge in [0.05, 0.1) is 18.1 Å². The number of Topliss-reactive ketones (excluding diaryl/α,β-unsaturated/α-hetero) is 1. The van der Waals surface area contributed by atoms with Crippen LogP contribution in [0.25, 0.3) is 0 Å². The van der Waals surface area contributed by atoms with Gasteiger partial charge in [-0.3, -0.25) is 9.59 Å². The average Bonchev–Trinajstić information content (AvgIpc) is 3.04. The monoisotopic (exact) mass is 397 g/mol. The van der Waals surface area contributed by atoms with E-state index in [1.54, 1.807) is 17.0 Å². The van der Waals surface area contributed by atoms with Crippen LogP contribution in [0.5, 0.6) is 0 Å². The summed E-state index contributed by atoms with van der Waals surface area (Å²) in [7, 11) is 0. The molecule has 1 aromatic rings. The predicted octanol–water partition coefficient (Wildman–Crippen LogP) is 2.42. The summed E-state index contributed by atoms with van der Waals surface area (Å²) in [5.41, 5.74) is 0.120. The highest BCUT2D eigenvalue weighted by atomic mass is 19.1. The van der Waals surface area contributed by atoms with E-state index in [9.17, 15) is 19.2 Å². The Bertz CT molecular complexity index is 910. The highest BCUT2D eigenvalue weighted by molar-refractivity contribution is 6.04. The van der Waals surface area contributed by atoms with Crippen molar-refractivity contribution < 1.29 is 18.7 Å². The van der Waals surface area contributed by atoms with Crippen molar-refractivity contribution in [2.24, 2.45) is 0 Å². The zero-order valence-electron chi connectivity index (χ0n) is 16.6. The van der Waals surface area contributed by atoms with E-state index in [0.29, 0.717) is 49.2 Å². The molecule has 1 aliphatic carbocycles. The molecule has 29 heavy (non-hydrogen) atoms. The number of nitriles is 1. The number of hydrogen-bond acceptors (Lipinski definition) is 5. The van der Waals surface area contributed by atoms with Crippen LogP contribution in [0.15, 0.2) is 35.5 Å². The minimum absolute atomic E-state index is 0.0540. The first-order valence-electron chi connectivity index (χ1n) is 10.0. The van der Waals surface area contributed by atoms with Gasteiger partial charge in [0.1, 0.15) is 11.9 Å². The summed E-state index contributed by atoms with van der Waals surface area (Å²) in [6.45, 7) is 4.54. The van der Waals surface area contributed by atoms with Gasteiger partial charge in [-0.1, -0.05) is 12.1 Å². The van der Waals surface area contributed by atoms with Crippen LogP contribution in [0.3, 0.4) is 0 Å². The van der Waals surface area contributed by atoms with Crippen LogP contribution in [0.1, 0.15) is 44.6 Å². The molecule has 152 valence electrons. The first-order chi connectivity index (χ1) is 13.9. The summed E-state index contributed by atoms with van der Waals surface area (Å²) < 4.78 is 19.3. The van der Waals surface area contributed by atoms with Gasteiger partial charge in [0.15, 0.2) is 5.78 Å². The van der Waals surface area contributed by atoms with E-state index in [0.717, 1.165) is 0 Å². The lowest BCUT2D eigenvalue weighted by atomic mass is 9.74. The van der Waals surface area contributed by atoms with Crippen molar-refractivity contribution >= 4 is 11.7 Å². The minimum atomic E-state index is -1.63. The quantitative estimate of drug-likeness (QED) is 0.829. The summed E-state index contributed by atoms with van der Waals surface area (Å²) in [5.74, 6) is -1.59. The predicted molar refractivity (Wildman–Crippen MR) is 103 cm³/mol. The normalized spacial score (nSPS) is 31.9. The molecule has 6 nitrogen and oxygen atoms in total. The Morgan fingerprint density at radius 1 is 1.24 bits per heavy atom. The number of ether oxygens (including phenoxy) is 1. The number of rotatable bonds is 2. The van der Waals surface area contributed by atoms with E-state index >= 15 is 0 Å². The summed E-state index contributed by atoms with van der Waals surface area (Å²) in [5, 5.41) is 13.4. The highest BCUT2D eigenvalue weighted by Crippen LogP contribution is 2.46. The van der Waals surface area contributed by atoms with Crippen molar-refractivity contribution in [3.63, 3.8) is 0 Å². The van der Waals surface area contributed by atoms with Crippen LogP contribution < -0.4 is 5.32 Å². The number of halogens is 1. The van der Waals surface area contributed by atoms with E-state index in [1.165, 1.54) is 12.1 Å². The number of nitrogens with zero attached hydrogens (tertiary/aromatic N) is 2. The maximum Gasteiger partial charge on any atom is 0.264 e. The number of carbonyl (C=O) groups excluding carboxylic acids is 2. The van der Waals surface area contributed by atoms with E-state index < -0.39 is 17.3 Å². The fraction of sp³-hybridized carbons (Fsp3) is 0.500. The Labute approximate surface area is 169 Å². The zero-order chi connectivity index (χ0) is 20.8. The van der Waals surface area contributed by atoms with Gasteiger partial charge in [0.2, 0.25) is 5.54 Å². The van der Waals surface area contributed by atoms with Crippen LogP contribution in [0, 0.1) is 17.1 Å². The van der Waals surface area contributed by atoms with Crippen molar-refractivity contribution in [3.05, 3.63) is 46.9 Å². The fourth-order valence-corrected chi connectivity index (χ4v) is 4.84. The molecule has 3 aliphatic rings. The molecule has 4 rings (SSSR count). The van der Waals surface area contributed by atoms with Crippen molar-refractivity contribution in [2.45, 2.75) is 56.8 Å².